The number of nitrogens with zero attached hydrogens (tertiary/aromatic N) is 2. The summed E-state index contributed by atoms with van der Waals surface area (Å²) in [6.07, 6.45) is 3.17. The summed E-state index contributed by atoms with van der Waals surface area (Å²) in [5.74, 6) is 0. The Bertz CT molecular complexity index is 500. The van der Waals surface area contributed by atoms with E-state index < -0.39 is 6.04 Å². The van der Waals surface area contributed by atoms with Crippen molar-refractivity contribution in [3.8, 4) is 0 Å². The third kappa shape index (κ3) is 2.88. The lowest BCUT2D eigenvalue weighted by atomic mass is 9.93. The van der Waals surface area contributed by atoms with Gasteiger partial charge in [0.05, 0.1) is 11.4 Å². The average Bonchev–Trinajstić information content (AvgIpc) is 2.34. The molecule has 1 fully saturated rings. The number of hydrogen-bond donors (Lipinski definition) is 0. The van der Waals surface area contributed by atoms with Crippen molar-refractivity contribution in [3.05, 3.63) is 38.9 Å². The SMILES string of the molecule is Cc1ccc(N=C2CCCCC2[N+](=O)[O-])cc1Cl. The molecule has 4 nitrogen and oxygen atoms in total. The molecule has 0 saturated heterocycles. The first-order chi connectivity index (χ1) is 8.58. The Morgan fingerprint density at radius 3 is 2.89 bits per heavy atom. The molecule has 0 aromatic heterocycles. The van der Waals surface area contributed by atoms with E-state index >= 15 is 0 Å². The monoisotopic (exact) mass is 266 g/mol. The minimum absolute atomic E-state index is 0.228. The largest absolute Gasteiger partial charge is 0.264 e. The van der Waals surface area contributed by atoms with Crippen LogP contribution in [-0.2, 0) is 0 Å². The molecule has 18 heavy (non-hydrogen) atoms. The molecule has 0 N–H and O–H groups in total. The Hall–Kier alpha value is -1.42. The highest BCUT2D eigenvalue weighted by Gasteiger charge is 2.29. The van der Waals surface area contributed by atoms with Crippen LogP contribution in [-0.4, -0.2) is 16.7 Å². The normalized spacial score (nSPS) is 22.1. The number of aliphatic imine (C=N–C) groups is 1. The van der Waals surface area contributed by atoms with Crippen molar-refractivity contribution in [3.63, 3.8) is 0 Å². The van der Waals surface area contributed by atoms with Crippen molar-refractivity contribution < 1.29 is 4.92 Å². The first kappa shape index (κ1) is 13.0. The maximum Gasteiger partial charge on any atom is 0.250 e. The van der Waals surface area contributed by atoms with Gasteiger partial charge < -0.3 is 0 Å². The summed E-state index contributed by atoms with van der Waals surface area (Å²) in [4.78, 5) is 15.2. The maximum absolute atomic E-state index is 11.0. The fourth-order valence-electron chi connectivity index (χ4n) is 2.15. The van der Waals surface area contributed by atoms with E-state index in [0.717, 1.165) is 18.4 Å². The predicted molar refractivity (Wildman–Crippen MR) is 72.5 cm³/mol. The van der Waals surface area contributed by atoms with Gasteiger partial charge in [-0.2, -0.15) is 0 Å². The molecule has 0 heterocycles. The number of rotatable bonds is 2. The molecule has 1 saturated carbocycles. The Morgan fingerprint density at radius 2 is 2.22 bits per heavy atom. The second-order valence-corrected chi connectivity index (χ2v) is 4.99. The summed E-state index contributed by atoms with van der Waals surface area (Å²) in [6, 6.07) is 4.86. The van der Waals surface area contributed by atoms with Gasteiger partial charge in [-0.05, 0) is 43.9 Å². The molecular weight excluding hydrogens is 252 g/mol. The molecule has 1 atom stereocenters. The van der Waals surface area contributed by atoms with Gasteiger partial charge in [0.1, 0.15) is 0 Å². The molecular formula is C13H15ClN2O2. The molecule has 0 amide bonds. The number of benzene rings is 1. The Labute approximate surface area is 111 Å². The summed E-state index contributed by atoms with van der Waals surface area (Å²) in [5.41, 5.74) is 2.36. The number of halogens is 1. The summed E-state index contributed by atoms with van der Waals surface area (Å²) in [7, 11) is 0. The molecule has 1 aliphatic carbocycles. The van der Waals surface area contributed by atoms with E-state index in [1.165, 1.54) is 0 Å². The molecule has 0 radical (unpaired) electrons. The zero-order valence-corrected chi connectivity index (χ0v) is 11.0. The predicted octanol–water partition coefficient (Wildman–Crippen LogP) is 3.94. The highest BCUT2D eigenvalue weighted by Crippen LogP contribution is 2.25. The van der Waals surface area contributed by atoms with Gasteiger partial charge >= 0.3 is 0 Å². The van der Waals surface area contributed by atoms with E-state index in [4.69, 9.17) is 11.6 Å². The van der Waals surface area contributed by atoms with Crippen LogP contribution in [0.3, 0.4) is 0 Å². The van der Waals surface area contributed by atoms with E-state index in [2.05, 4.69) is 4.99 Å². The lowest BCUT2D eigenvalue weighted by Crippen LogP contribution is -2.32. The van der Waals surface area contributed by atoms with Crippen LogP contribution < -0.4 is 0 Å². The lowest BCUT2D eigenvalue weighted by molar-refractivity contribution is -0.504. The fraction of sp³-hybridized carbons (Fsp3) is 0.462. The van der Waals surface area contributed by atoms with Crippen molar-refractivity contribution in [2.75, 3.05) is 0 Å². The van der Waals surface area contributed by atoms with Crippen molar-refractivity contribution in [1.29, 1.82) is 0 Å². The van der Waals surface area contributed by atoms with Gasteiger partial charge in [0.25, 0.3) is 6.04 Å². The second kappa shape index (κ2) is 5.48. The highest BCUT2D eigenvalue weighted by atomic mass is 35.5. The van der Waals surface area contributed by atoms with Gasteiger partial charge in [0.2, 0.25) is 0 Å². The third-order valence-corrected chi connectivity index (χ3v) is 3.63. The minimum atomic E-state index is -0.626. The maximum atomic E-state index is 11.0. The van der Waals surface area contributed by atoms with Gasteiger partial charge in [-0.15, -0.1) is 0 Å². The van der Waals surface area contributed by atoms with Gasteiger partial charge in [0.15, 0.2) is 0 Å². The van der Waals surface area contributed by atoms with E-state index in [1.54, 1.807) is 6.07 Å². The van der Waals surface area contributed by atoms with E-state index in [0.29, 0.717) is 29.3 Å². The van der Waals surface area contributed by atoms with Gasteiger partial charge in [-0.1, -0.05) is 17.7 Å². The summed E-state index contributed by atoms with van der Waals surface area (Å²) in [6.45, 7) is 1.92. The number of hydrogen-bond acceptors (Lipinski definition) is 3. The fourth-order valence-corrected chi connectivity index (χ4v) is 2.33. The highest BCUT2D eigenvalue weighted by molar-refractivity contribution is 6.31. The molecule has 1 aliphatic rings. The molecule has 96 valence electrons. The van der Waals surface area contributed by atoms with Crippen LogP contribution in [0.4, 0.5) is 5.69 Å². The molecule has 5 heteroatoms. The van der Waals surface area contributed by atoms with Crippen LogP contribution in [0, 0.1) is 17.0 Å². The first-order valence-electron chi connectivity index (χ1n) is 6.05. The van der Waals surface area contributed by atoms with Crippen LogP contribution in [0.15, 0.2) is 23.2 Å². The molecule has 1 unspecified atom stereocenters. The number of aryl methyl sites for hydroxylation is 1. The second-order valence-electron chi connectivity index (χ2n) is 4.58. The molecule has 0 aliphatic heterocycles. The van der Waals surface area contributed by atoms with Crippen LogP contribution >= 0.6 is 11.6 Å². The van der Waals surface area contributed by atoms with Gasteiger partial charge in [-0.25, -0.2) is 0 Å². The standard InChI is InChI=1S/C13H15ClN2O2/c1-9-6-7-10(8-11(9)14)15-12-4-2-3-5-13(12)16(17)18/h6-8,13H,2-5H2,1H3. The van der Waals surface area contributed by atoms with Crippen molar-refractivity contribution >= 4 is 23.0 Å². The van der Waals surface area contributed by atoms with Crippen LogP contribution in [0.1, 0.15) is 31.2 Å². The lowest BCUT2D eigenvalue weighted by Gasteiger charge is -2.17. The van der Waals surface area contributed by atoms with E-state index in [-0.39, 0.29) is 4.92 Å². The summed E-state index contributed by atoms with van der Waals surface area (Å²) in [5, 5.41) is 11.6. The quantitative estimate of drug-likeness (QED) is 0.601. The van der Waals surface area contributed by atoms with Crippen molar-refractivity contribution in [1.82, 2.24) is 0 Å². The molecule has 0 bridgehead atoms. The minimum Gasteiger partial charge on any atom is -0.264 e. The zero-order valence-electron chi connectivity index (χ0n) is 10.2. The molecule has 0 spiro atoms. The van der Waals surface area contributed by atoms with Crippen molar-refractivity contribution in [2.45, 2.75) is 38.6 Å². The Morgan fingerprint density at radius 1 is 1.44 bits per heavy atom. The summed E-state index contributed by atoms with van der Waals surface area (Å²) >= 11 is 6.03. The topological polar surface area (TPSA) is 55.5 Å². The number of nitro groups is 1. The average molecular weight is 267 g/mol. The Balaban J connectivity index is 2.29. The van der Waals surface area contributed by atoms with Gasteiger partial charge in [0, 0.05) is 16.4 Å². The van der Waals surface area contributed by atoms with Crippen LogP contribution in [0.25, 0.3) is 0 Å². The van der Waals surface area contributed by atoms with Crippen LogP contribution in [0.2, 0.25) is 5.02 Å². The van der Waals surface area contributed by atoms with E-state index in [9.17, 15) is 10.1 Å². The van der Waals surface area contributed by atoms with Crippen LogP contribution in [0.5, 0.6) is 0 Å². The zero-order chi connectivity index (χ0) is 13.1. The molecule has 1 aromatic rings. The first-order valence-corrected chi connectivity index (χ1v) is 6.43. The van der Waals surface area contributed by atoms with E-state index in [1.807, 2.05) is 19.1 Å². The molecule has 2 rings (SSSR count). The third-order valence-electron chi connectivity index (χ3n) is 3.23. The summed E-state index contributed by atoms with van der Waals surface area (Å²) < 4.78 is 0. The Kier molecular flexibility index (Phi) is 3.97. The molecule has 1 aromatic carbocycles. The van der Waals surface area contributed by atoms with Gasteiger partial charge in [-0.3, -0.25) is 15.1 Å². The van der Waals surface area contributed by atoms with Crippen molar-refractivity contribution in [2.24, 2.45) is 4.99 Å². The smallest absolute Gasteiger partial charge is 0.250 e.